The van der Waals surface area contributed by atoms with E-state index in [0.717, 1.165) is 12.1 Å². The maximum absolute atomic E-state index is 13.7. The molecule has 0 saturated carbocycles. The predicted molar refractivity (Wildman–Crippen MR) is 80.1 cm³/mol. The summed E-state index contributed by atoms with van der Waals surface area (Å²) in [5, 5.41) is 3.29. The first kappa shape index (κ1) is 15.7. The van der Waals surface area contributed by atoms with Crippen LogP contribution in [0.1, 0.15) is 19.4 Å². The zero-order valence-corrected chi connectivity index (χ0v) is 12.7. The van der Waals surface area contributed by atoms with Gasteiger partial charge in [-0.3, -0.25) is 0 Å². The van der Waals surface area contributed by atoms with Crippen molar-refractivity contribution in [3.8, 4) is 11.8 Å². The summed E-state index contributed by atoms with van der Waals surface area (Å²) in [6.45, 7) is 5.88. The highest BCUT2D eigenvalue weighted by molar-refractivity contribution is 6.30. The Morgan fingerprint density at radius 2 is 2.00 bits per heavy atom. The Morgan fingerprint density at radius 1 is 1.29 bits per heavy atom. The molecule has 0 bridgehead atoms. The van der Waals surface area contributed by atoms with Crippen LogP contribution in [-0.4, -0.2) is 16.5 Å². The van der Waals surface area contributed by atoms with Crippen LogP contribution in [0.5, 0.6) is 11.8 Å². The van der Waals surface area contributed by atoms with Crippen LogP contribution in [0.25, 0.3) is 0 Å². The molecule has 2 rings (SSSR count). The van der Waals surface area contributed by atoms with Crippen LogP contribution in [0.2, 0.25) is 5.02 Å². The molecular weight excluding hydrogens is 293 g/mol. The van der Waals surface area contributed by atoms with E-state index >= 15 is 0 Å². The molecule has 1 aromatic carbocycles. The van der Waals surface area contributed by atoms with Gasteiger partial charge in [-0.25, -0.2) is 14.4 Å². The van der Waals surface area contributed by atoms with Crippen LogP contribution >= 0.6 is 11.6 Å². The molecule has 1 heterocycles. The molecule has 0 atom stereocenters. The number of ether oxygens (including phenoxy) is 1. The number of hydrogen-bond acceptors (Lipinski definition) is 4. The lowest BCUT2D eigenvalue weighted by Crippen LogP contribution is -2.19. The number of hydrogen-bond donors (Lipinski definition) is 1. The van der Waals surface area contributed by atoms with Crippen LogP contribution in [0.15, 0.2) is 30.6 Å². The van der Waals surface area contributed by atoms with Crippen LogP contribution in [0, 0.1) is 11.7 Å². The summed E-state index contributed by atoms with van der Waals surface area (Å²) in [6, 6.07) is 4.62. The zero-order chi connectivity index (χ0) is 15.2. The summed E-state index contributed by atoms with van der Waals surface area (Å²) in [6.07, 6.45) is 3.30. The molecule has 1 aromatic heterocycles. The summed E-state index contributed by atoms with van der Waals surface area (Å²) in [5.74, 6) is -0.0297. The van der Waals surface area contributed by atoms with Crippen LogP contribution < -0.4 is 10.1 Å². The average Bonchev–Trinajstić information content (AvgIpc) is 2.45. The number of nitrogens with zero attached hydrogens (tertiary/aromatic N) is 2. The smallest absolute Gasteiger partial charge is 0.321 e. The van der Waals surface area contributed by atoms with Gasteiger partial charge < -0.3 is 10.1 Å². The summed E-state index contributed by atoms with van der Waals surface area (Å²) in [4.78, 5) is 8.12. The third kappa shape index (κ3) is 4.65. The van der Waals surface area contributed by atoms with Crippen molar-refractivity contribution >= 4 is 11.6 Å². The Morgan fingerprint density at radius 3 is 2.67 bits per heavy atom. The van der Waals surface area contributed by atoms with Crippen molar-refractivity contribution in [3.05, 3.63) is 47.0 Å². The lowest BCUT2D eigenvalue weighted by atomic mass is 10.2. The number of nitrogens with one attached hydrogen (secondary N) is 1. The standard InChI is InChI=1S/C15H17ClFN3O/c1-10(2)6-18-7-11-8-19-15(20-9-11)21-13-5-3-4-12(16)14(13)17/h3-5,8-10,18H,6-7H2,1-2H3. The van der Waals surface area contributed by atoms with E-state index in [0.29, 0.717) is 12.5 Å². The molecule has 0 unspecified atom stereocenters. The average molecular weight is 310 g/mol. The highest BCUT2D eigenvalue weighted by Gasteiger charge is 2.09. The van der Waals surface area contributed by atoms with Crippen LogP contribution in [0.3, 0.4) is 0 Å². The molecule has 0 spiro atoms. The Hall–Kier alpha value is -1.72. The summed E-state index contributed by atoms with van der Waals surface area (Å²) < 4.78 is 19.0. The number of rotatable bonds is 6. The third-order valence-electron chi connectivity index (χ3n) is 2.68. The fraction of sp³-hybridized carbons (Fsp3) is 0.333. The minimum absolute atomic E-state index is 0.00186. The van der Waals surface area contributed by atoms with Crippen LogP contribution in [0.4, 0.5) is 4.39 Å². The maximum Gasteiger partial charge on any atom is 0.321 e. The van der Waals surface area contributed by atoms with Gasteiger partial charge in [0.25, 0.3) is 0 Å². The van der Waals surface area contributed by atoms with Crippen molar-refractivity contribution in [1.29, 1.82) is 0 Å². The van der Waals surface area contributed by atoms with Gasteiger partial charge in [-0.15, -0.1) is 0 Å². The third-order valence-corrected chi connectivity index (χ3v) is 2.97. The van der Waals surface area contributed by atoms with Crippen molar-refractivity contribution < 1.29 is 9.13 Å². The van der Waals surface area contributed by atoms with E-state index in [1.54, 1.807) is 18.5 Å². The lowest BCUT2D eigenvalue weighted by molar-refractivity contribution is 0.410. The zero-order valence-electron chi connectivity index (χ0n) is 11.9. The van der Waals surface area contributed by atoms with Gasteiger partial charge >= 0.3 is 6.01 Å². The van der Waals surface area contributed by atoms with Gasteiger partial charge in [0.1, 0.15) is 0 Å². The molecule has 0 amide bonds. The minimum atomic E-state index is -0.620. The van der Waals surface area contributed by atoms with Gasteiger partial charge in [-0.05, 0) is 24.6 Å². The second kappa shape index (κ2) is 7.33. The Bertz CT molecular complexity index is 590. The first-order valence-corrected chi connectivity index (χ1v) is 7.07. The maximum atomic E-state index is 13.7. The van der Waals surface area contributed by atoms with Crippen LogP contribution in [-0.2, 0) is 6.54 Å². The molecule has 112 valence electrons. The molecule has 0 aliphatic heterocycles. The van der Waals surface area contributed by atoms with Crippen molar-refractivity contribution in [1.82, 2.24) is 15.3 Å². The topological polar surface area (TPSA) is 47.0 Å². The Kier molecular flexibility index (Phi) is 5.47. The van der Waals surface area contributed by atoms with Gasteiger partial charge in [0.15, 0.2) is 11.6 Å². The molecular formula is C15H17ClFN3O. The molecule has 6 heteroatoms. The largest absolute Gasteiger partial charge is 0.421 e. The van der Waals surface area contributed by atoms with E-state index in [4.69, 9.17) is 16.3 Å². The van der Waals surface area contributed by atoms with Gasteiger partial charge in [0, 0.05) is 24.5 Å². The monoisotopic (exact) mass is 309 g/mol. The van der Waals surface area contributed by atoms with Gasteiger partial charge in [0.05, 0.1) is 5.02 Å². The molecule has 0 saturated heterocycles. The molecule has 0 fully saturated rings. The Labute approximate surface area is 128 Å². The first-order chi connectivity index (χ1) is 10.1. The van der Waals surface area contributed by atoms with Crippen molar-refractivity contribution in [2.45, 2.75) is 20.4 Å². The SMILES string of the molecule is CC(C)CNCc1cnc(Oc2cccc(Cl)c2F)nc1. The molecule has 4 nitrogen and oxygen atoms in total. The van der Waals surface area contributed by atoms with E-state index in [-0.39, 0.29) is 16.8 Å². The number of benzene rings is 1. The van der Waals surface area contributed by atoms with Crippen molar-refractivity contribution in [2.75, 3.05) is 6.54 Å². The summed E-state index contributed by atoms with van der Waals surface area (Å²) in [5.41, 5.74) is 0.939. The van der Waals surface area contributed by atoms with E-state index in [9.17, 15) is 4.39 Å². The minimum Gasteiger partial charge on any atom is -0.421 e. The lowest BCUT2D eigenvalue weighted by Gasteiger charge is -2.08. The highest BCUT2D eigenvalue weighted by Crippen LogP contribution is 2.26. The normalized spacial score (nSPS) is 10.9. The molecule has 0 radical (unpaired) electrons. The summed E-state index contributed by atoms with van der Waals surface area (Å²) in [7, 11) is 0. The van der Waals surface area contributed by atoms with Crippen molar-refractivity contribution in [3.63, 3.8) is 0 Å². The van der Waals surface area contributed by atoms with Gasteiger partial charge in [-0.1, -0.05) is 31.5 Å². The Balaban J connectivity index is 1.97. The van der Waals surface area contributed by atoms with E-state index in [1.807, 2.05) is 0 Å². The van der Waals surface area contributed by atoms with E-state index in [2.05, 4.69) is 29.1 Å². The number of aromatic nitrogens is 2. The van der Waals surface area contributed by atoms with Gasteiger partial charge in [-0.2, -0.15) is 0 Å². The molecule has 0 aliphatic rings. The second-order valence-corrected chi connectivity index (χ2v) is 5.46. The van der Waals surface area contributed by atoms with E-state index < -0.39 is 5.82 Å². The quantitative estimate of drug-likeness (QED) is 0.881. The molecule has 2 aromatic rings. The first-order valence-electron chi connectivity index (χ1n) is 6.69. The number of halogens is 2. The highest BCUT2D eigenvalue weighted by atomic mass is 35.5. The second-order valence-electron chi connectivity index (χ2n) is 5.05. The fourth-order valence-corrected chi connectivity index (χ4v) is 1.82. The fourth-order valence-electron chi connectivity index (χ4n) is 1.65. The summed E-state index contributed by atoms with van der Waals surface area (Å²) >= 11 is 5.68. The predicted octanol–water partition coefficient (Wildman–Crippen LogP) is 3.81. The molecule has 1 N–H and O–H groups in total. The van der Waals surface area contributed by atoms with Crippen molar-refractivity contribution in [2.24, 2.45) is 5.92 Å². The van der Waals surface area contributed by atoms with Gasteiger partial charge in [0.2, 0.25) is 0 Å². The molecule has 0 aliphatic carbocycles. The van der Waals surface area contributed by atoms with E-state index in [1.165, 1.54) is 12.1 Å². The molecule has 21 heavy (non-hydrogen) atoms.